The fourth-order valence-corrected chi connectivity index (χ4v) is 9.18. The number of para-hydroxylation sites is 2. The number of halogens is 1. The van der Waals surface area contributed by atoms with Gasteiger partial charge in [0.2, 0.25) is 27.8 Å². The number of aromatic nitrogens is 2. The highest BCUT2D eigenvalue weighted by Gasteiger charge is 2.46. The van der Waals surface area contributed by atoms with Crippen molar-refractivity contribution < 1.29 is 41.9 Å². The standard InChI is InChI=1S/C44H49ClN10O9S/c1-51(65(3,61)62)33-9-5-4-8-31(33)47-40-30(45)24-46-44(50-40)48-32-12-11-28(23-36(32)63-2)53-21-19-52(20-22-53)25-27-15-17-54(18-16-27)38(57)26-64-35-10-6-7-29-39(35)43(60)55(42(29)59)34-13-14-37(56)49-41(34)58/h4-12,23-24,27,34H,13-22,25-26H2,1-3H3,(H,49,56,58)(H2,46,47,48,50). The van der Waals surface area contributed by atoms with Gasteiger partial charge in [0.05, 0.1) is 47.8 Å². The fraction of sp³-hybridized carbons (Fsp3) is 0.386. The van der Waals surface area contributed by atoms with Crippen molar-refractivity contribution in [3.63, 3.8) is 0 Å². The molecule has 0 saturated carbocycles. The van der Waals surface area contributed by atoms with E-state index < -0.39 is 39.7 Å². The number of ether oxygens (including phenoxy) is 2. The molecule has 3 fully saturated rings. The molecule has 0 spiro atoms. The number of carbonyl (C=O) groups excluding carboxylic acids is 5. The zero-order valence-electron chi connectivity index (χ0n) is 36.1. The highest BCUT2D eigenvalue weighted by Crippen LogP contribution is 2.36. The molecule has 1 aromatic heterocycles. The van der Waals surface area contributed by atoms with Crippen LogP contribution in [-0.4, -0.2) is 141 Å². The summed E-state index contributed by atoms with van der Waals surface area (Å²) in [5.41, 5.74) is 2.68. The number of nitrogens with zero attached hydrogens (tertiary/aromatic N) is 7. The van der Waals surface area contributed by atoms with Crippen LogP contribution in [0.4, 0.5) is 34.5 Å². The molecule has 0 bridgehead atoms. The van der Waals surface area contributed by atoms with Crippen LogP contribution in [0.3, 0.4) is 0 Å². The smallest absolute Gasteiger partial charge is 0.266 e. The molecule has 5 amide bonds. The molecule has 342 valence electrons. The van der Waals surface area contributed by atoms with Crippen LogP contribution in [0, 0.1) is 5.92 Å². The van der Waals surface area contributed by atoms with Gasteiger partial charge in [-0.2, -0.15) is 4.98 Å². The summed E-state index contributed by atoms with van der Waals surface area (Å²) in [5.74, 6) is -1.04. The SMILES string of the molecule is COc1cc(N2CCN(CC3CCN(C(=O)COc4cccc5c4C(=O)N(C4CCC(=O)NC4=O)C5=O)CC3)CC2)ccc1Nc1ncc(Cl)c(Nc2ccccc2N(C)S(C)(=O)=O)n1. The minimum Gasteiger partial charge on any atom is -0.494 e. The first kappa shape index (κ1) is 45.1. The largest absolute Gasteiger partial charge is 0.494 e. The van der Waals surface area contributed by atoms with E-state index in [2.05, 4.69) is 35.7 Å². The third-order valence-corrected chi connectivity index (χ3v) is 13.6. The average Bonchev–Trinajstić information content (AvgIpc) is 3.55. The number of likely N-dealkylation sites (tertiary alicyclic amines) is 1. The second-order valence-electron chi connectivity index (χ2n) is 16.3. The number of methoxy groups -OCH3 is 1. The molecule has 3 aromatic carbocycles. The number of hydrogen-bond donors (Lipinski definition) is 3. The van der Waals surface area contributed by atoms with Gasteiger partial charge in [-0.25, -0.2) is 13.4 Å². The predicted octanol–water partition coefficient (Wildman–Crippen LogP) is 3.86. The topological polar surface area (TPSA) is 216 Å². The number of benzene rings is 3. The van der Waals surface area contributed by atoms with Crippen LogP contribution in [0.1, 0.15) is 46.4 Å². The Morgan fingerprint density at radius 3 is 2.38 bits per heavy atom. The van der Waals surface area contributed by atoms with Gasteiger partial charge in [0.15, 0.2) is 12.4 Å². The van der Waals surface area contributed by atoms with Gasteiger partial charge in [-0.3, -0.25) is 43.4 Å². The quantitative estimate of drug-likeness (QED) is 0.153. The first-order chi connectivity index (χ1) is 31.2. The minimum absolute atomic E-state index is 0.0121. The number of sulfonamides is 1. The van der Waals surface area contributed by atoms with Crippen molar-refractivity contribution in [3.05, 3.63) is 83.0 Å². The number of carbonyl (C=O) groups is 5. The Morgan fingerprint density at radius 1 is 0.908 bits per heavy atom. The lowest BCUT2D eigenvalue weighted by Gasteiger charge is -2.39. The Bertz CT molecular complexity index is 2640. The maximum atomic E-state index is 13.4. The highest BCUT2D eigenvalue weighted by molar-refractivity contribution is 7.92. The number of piperazine rings is 1. The third-order valence-electron chi connectivity index (χ3n) is 12.2. The Morgan fingerprint density at radius 2 is 1.66 bits per heavy atom. The molecule has 8 rings (SSSR count). The van der Waals surface area contributed by atoms with E-state index in [1.807, 2.05) is 18.2 Å². The lowest BCUT2D eigenvalue weighted by Crippen LogP contribution is -2.54. The van der Waals surface area contributed by atoms with E-state index >= 15 is 0 Å². The zero-order valence-corrected chi connectivity index (χ0v) is 37.7. The van der Waals surface area contributed by atoms with E-state index in [4.69, 9.17) is 21.1 Å². The Labute approximate surface area is 381 Å². The molecule has 4 aliphatic heterocycles. The van der Waals surface area contributed by atoms with Crippen molar-refractivity contribution in [1.82, 2.24) is 30.0 Å². The molecule has 0 radical (unpaired) electrons. The number of fused-ring (bicyclic) bond motifs is 1. The lowest BCUT2D eigenvalue weighted by molar-refractivity contribution is -0.136. The number of nitrogens with one attached hydrogen (secondary N) is 3. The monoisotopic (exact) mass is 928 g/mol. The van der Waals surface area contributed by atoms with Gasteiger partial charge < -0.3 is 29.9 Å². The van der Waals surface area contributed by atoms with Crippen molar-refractivity contribution >= 4 is 85.7 Å². The Balaban J connectivity index is 0.802. The summed E-state index contributed by atoms with van der Waals surface area (Å²) in [5, 5.41) is 8.79. The lowest BCUT2D eigenvalue weighted by atomic mass is 9.96. The maximum absolute atomic E-state index is 13.4. The summed E-state index contributed by atoms with van der Waals surface area (Å²) in [4.78, 5) is 80.3. The molecular weight excluding hydrogens is 880 g/mol. The molecule has 5 heterocycles. The number of hydrogen-bond acceptors (Lipinski definition) is 15. The predicted molar refractivity (Wildman–Crippen MR) is 243 cm³/mol. The Kier molecular flexibility index (Phi) is 13.1. The summed E-state index contributed by atoms with van der Waals surface area (Å²) in [6.07, 6.45) is 4.33. The third kappa shape index (κ3) is 9.79. The molecule has 1 unspecified atom stereocenters. The van der Waals surface area contributed by atoms with Gasteiger partial charge in [-0.05, 0) is 61.6 Å². The number of rotatable bonds is 14. The van der Waals surface area contributed by atoms with E-state index in [-0.39, 0.29) is 59.0 Å². The van der Waals surface area contributed by atoms with Crippen molar-refractivity contribution in [3.8, 4) is 11.5 Å². The summed E-state index contributed by atoms with van der Waals surface area (Å²) >= 11 is 6.46. The number of anilines is 6. The average molecular weight is 929 g/mol. The van der Waals surface area contributed by atoms with Crippen LogP contribution < -0.4 is 34.6 Å². The van der Waals surface area contributed by atoms with E-state index in [1.54, 1.807) is 42.3 Å². The van der Waals surface area contributed by atoms with Crippen LogP contribution in [0.2, 0.25) is 5.02 Å². The number of amides is 5. The van der Waals surface area contributed by atoms with Crippen molar-refractivity contribution in [2.45, 2.75) is 31.7 Å². The molecule has 4 aliphatic rings. The van der Waals surface area contributed by atoms with Crippen LogP contribution in [0.5, 0.6) is 11.5 Å². The zero-order chi connectivity index (χ0) is 46.0. The van der Waals surface area contributed by atoms with Gasteiger partial charge in [0.1, 0.15) is 22.6 Å². The minimum atomic E-state index is -3.52. The summed E-state index contributed by atoms with van der Waals surface area (Å²) < 4.78 is 37.3. The van der Waals surface area contributed by atoms with Gasteiger partial charge in [-0.1, -0.05) is 29.8 Å². The van der Waals surface area contributed by atoms with Gasteiger partial charge in [0, 0.05) is 71.0 Å². The molecule has 3 saturated heterocycles. The van der Waals surface area contributed by atoms with E-state index in [0.717, 1.165) is 62.4 Å². The van der Waals surface area contributed by atoms with Crippen LogP contribution in [0.15, 0.2) is 66.9 Å². The number of piperidine rings is 2. The van der Waals surface area contributed by atoms with Gasteiger partial charge >= 0.3 is 0 Å². The molecule has 19 nitrogen and oxygen atoms in total. The number of imide groups is 2. The highest BCUT2D eigenvalue weighted by atomic mass is 35.5. The van der Waals surface area contributed by atoms with Crippen LogP contribution >= 0.6 is 11.6 Å². The normalized spacial score (nSPS) is 18.3. The second-order valence-corrected chi connectivity index (χ2v) is 18.7. The summed E-state index contributed by atoms with van der Waals surface area (Å²) in [7, 11) is -0.454. The molecule has 0 aliphatic carbocycles. The van der Waals surface area contributed by atoms with Gasteiger partial charge in [-0.15, -0.1) is 0 Å². The van der Waals surface area contributed by atoms with Crippen LogP contribution in [0.25, 0.3) is 0 Å². The van der Waals surface area contributed by atoms with E-state index in [0.29, 0.717) is 41.8 Å². The Hall–Kier alpha value is -6.51. The van der Waals surface area contributed by atoms with Crippen molar-refractivity contribution in [2.75, 3.05) is 92.7 Å². The summed E-state index contributed by atoms with van der Waals surface area (Å²) in [6, 6.07) is 16.3. The first-order valence-corrected chi connectivity index (χ1v) is 23.4. The first-order valence-electron chi connectivity index (χ1n) is 21.2. The van der Waals surface area contributed by atoms with E-state index in [9.17, 15) is 32.4 Å². The summed E-state index contributed by atoms with van der Waals surface area (Å²) in [6.45, 7) is 5.16. The second kappa shape index (κ2) is 18.9. The molecule has 21 heteroatoms. The molecule has 3 N–H and O–H groups in total. The molecule has 1 atom stereocenters. The van der Waals surface area contributed by atoms with Gasteiger partial charge in [0.25, 0.3) is 17.7 Å². The molecular formula is C44H49ClN10O9S. The maximum Gasteiger partial charge on any atom is 0.266 e. The van der Waals surface area contributed by atoms with Crippen LogP contribution in [-0.2, 0) is 24.4 Å². The van der Waals surface area contributed by atoms with E-state index in [1.165, 1.54) is 29.7 Å². The molecule has 65 heavy (non-hydrogen) atoms. The fourth-order valence-electron chi connectivity index (χ4n) is 8.53. The van der Waals surface area contributed by atoms with Crippen molar-refractivity contribution in [1.29, 1.82) is 0 Å². The van der Waals surface area contributed by atoms with Crippen molar-refractivity contribution in [2.24, 2.45) is 5.92 Å². The molecule has 4 aromatic rings.